The normalized spacial score (nSPS) is 20.0. The lowest BCUT2D eigenvalue weighted by molar-refractivity contribution is -0.150. The average molecular weight is 576 g/mol. The number of alkyl halides is 1. The Labute approximate surface area is 230 Å². The third-order valence-electron chi connectivity index (χ3n) is 7.38. The summed E-state index contributed by atoms with van der Waals surface area (Å²) in [4.78, 5) is 43.3. The van der Waals surface area contributed by atoms with Crippen molar-refractivity contribution in [1.82, 2.24) is 19.7 Å². The maximum Gasteiger partial charge on any atom is 0.309 e. The Morgan fingerprint density at radius 2 is 1.70 bits per heavy atom. The highest BCUT2D eigenvalue weighted by Crippen LogP contribution is 2.42. The number of amides is 1. The lowest BCUT2D eigenvalue weighted by Crippen LogP contribution is -2.45. The maximum absolute atomic E-state index is 15.5. The minimum absolute atomic E-state index is 0.000865. The first-order chi connectivity index (χ1) is 17.4. The quantitative estimate of drug-likeness (QED) is 0.333. The van der Waals surface area contributed by atoms with Crippen LogP contribution in [0.2, 0.25) is 15.2 Å². The van der Waals surface area contributed by atoms with Crippen LogP contribution in [0.15, 0.2) is 18.6 Å². The monoisotopic (exact) mass is 574 g/mol. The number of nitrogens with zero attached hydrogens (tertiary/aromatic N) is 4. The number of Topliss-reactive ketones (excluding diaryl/α,β-unsaturated/α-hetero) is 1. The van der Waals surface area contributed by atoms with Gasteiger partial charge in [0.2, 0.25) is 0 Å². The number of aromatic nitrogens is 3. The van der Waals surface area contributed by atoms with Crippen LogP contribution < -0.4 is 0 Å². The molecule has 0 radical (unpaired) electrons. The van der Waals surface area contributed by atoms with Crippen LogP contribution in [0.5, 0.6) is 0 Å². The van der Waals surface area contributed by atoms with E-state index in [0.717, 1.165) is 4.90 Å². The van der Waals surface area contributed by atoms with Crippen molar-refractivity contribution in [2.75, 3.05) is 13.1 Å². The summed E-state index contributed by atoms with van der Waals surface area (Å²) < 4.78 is 17.0. The van der Waals surface area contributed by atoms with Crippen LogP contribution in [0, 0.1) is 5.41 Å². The van der Waals surface area contributed by atoms with Crippen LogP contribution >= 0.6 is 34.8 Å². The van der Waals surface area contributed by atoms with E-state index in [0.29, 0.717) is 25.7 Å². The number of aliphatic carboxylic acids is 1. The largest absolute Gasteiger partial charge is 0.481 e. The van der Waals surface area contributed by atoms with Gasteiger partial charge in [0.05, 0.1) is 51.9 Å². The lowest BCUT2D eigenvalue weighted by Gasteiger charge is -2.34. The van der Waals surface area contributed by atoms with Crippen LogP contribution in [0.1, 0.15) is 86.1 Å². The molecule has 0 saturated heterocycles. The van der Waals surface area contributed by atoms with Crippen molar-refractivity contribution in [3.8, 4) is 0 Å². The fourth-order valence-corrected chi connectivity index (χ4v) is 5.45. The fourth-order valence-electron chi connectivity index (χ4n) is 4.56. The predicted octanol–water partition coefficient (Wildman–Crippen LogP) is 6.30. The SMILES string of the molecule is CCC(F)(CC)CN(CC(=O)c1c(Cl)cncc1Cl)C(=O)c1cnn(C2CCC(C)(C(=O)O)CC2)c1Cl. The van der Waals surface area contributed by atoms with Gasteiger partial charge in [-0.1, -0.05) is 48.7 Å². The summed E-state index contributed by atoms with van der Waals surface area (Å²) in [5, 5.41) is 13.9. The van der Waals surface area contributed by atoms with Crippen LogP contribution in [-0.2, 0) is 4.79 Å². The minimum atomic E-state index is -1.73. The molecule has 8 nitrogen and oxygen atoms in total. The number of rotatable bonds is 10. The Kier molecular flexibility index (Phi) is 9.24. The number of carbonyl (C=O) groups is 3. The Balaban J connectivity index is 1.89. The van der Waals surface area contributed by atoms with Gasteiger partial charge in [-0.2, -0.15) is 5.10 Å². The highest BCUT2D eigenvalue weighted by atomic mass is 35.5. The molecule has 202 valence electrons. The molecule has 1 N–H and O–H groups in total. The molecule has 1 fully saturated rings. The molecule has 12 heteroatoms. The van der Waals surface area contributed by atoms with Crippen LogP contribution in [0.3, 0.4) is 0 Å². The molecule has 1 aliphatic carbocycles. The fraction of sp³-hybridized carbons (Fsp3) is 0.560. The van der Waals surface area contributed by atoms with Crippen molar-refractivity contribution in [3.63, 3.8) is 0 Å². The maximum atomic E-state index is 15.5. The summed E-state index contributed by atoms with van der Waals surface area (Å²) in [6.07, 6.45) is 6.05. The lowest BCUT2D eigenvalue weighted by atomic mass is 9.74. The topological polar surface area (TPSA) is 105 Å². The molecule has 0 aromatic carbocycles. The number of hydrogen-bond donors (Lipinski definition) is 1. The first-order valence-electron chi connectivity index (χ1n) is 12.1. The minimum Gasteiger partial charge on any atom is -0.481 e. The third-order valence-corrected chi connectivity index (χ3v) is 8.33. The van der Waals surface area contributed by atoms with Crippen LogP contribution in [0.25, 0.3) is 0 Å². The molecular formula is C25H30Cl3FN4O4. The van der Waals surface area contributed by atoms with Gasteiger partial charge >= 0.3 is 5.97 Å². The second-order valence-electron chi connectivity index (χ2n) is 9.81. The zero-order valence-corrected chi connectivity index (χ0v) is 23.2. The summed E-state index contributed by atoms with van der Waals surface area (Å²) in [6, 6.07) is -0.183. The predicted molar refractivity (Wildman–Crippen MR) is 139 cm³/mol. The van der Waals surface area contributed by atoms with E-state index in [1.807, 2.05) is 0 Å². The summed E-state index contributed by atoms with van der Waals surface area (Å²) >= 11 is 18.8. The third kappa shape index (κ3) is 6.26. The Hall–Kier alpha value is -2.23. The Morgan fingerprint density at radius 1 is 1.14 bits per heavy atom. The molecule has 3 rings (SSSR count). The molecular weight excluding hydrogens is 546 g/mol. The van der Waals surface area contributed by atoms with E-state index in [1.165, 1.54) is 23.3 Å². The van der Waals surface area contributed by atoms with Gasteiger partial charge in [0.25, 0.3) is 5.91 Å². The van der Waals surface area contributed by atoms with Gasteiger partial charge in [-0.3, -0.25) is 24.0 Å². The van der Waals surface area contributed by atoms with Crippen molar-refractivity contribution in [2.24, 2.45) is 5.41 Å². The van der Waals surface area contributed by atoms with Crippen molar-refractivity contribution in [2.45, 2.75) is 71.0 Å². The number of hydrogen-bond acceptors (Lipinski definition) is 5. The van der Waals surface area contributed by atoms with Crippen molar-refractivity contribution >= 4 is 52.5 Å². The summed E-state index contributed by atoms with van der Waals surface area (Å²) in [6.45, 7) is 4.24. The zero-order valence-electron chi connectivity index (χ0n) is 20.9. The highest BCUT2D eigenvalue weighted by Gasteiger charge is 2.39. The van der Waals surface area contributed by atoms with E-state index >= 15 is 4.39 Å². The van der Waals surface area contributed by atoms with Gasteiger partial charge in [-0.25, -0.2) is 4.39 Å². The molecule has 0 spiro atoms. The van der Waals surface area contributed by atoms with E-state index in [-0.39, 0.29) is 51.8 Å². The van der Waals surface area contributed by atoms with Gasteiger partial charge in [0.15, 0.2) is 5.78 Å². The Bertz CT molecular complexity index is 1160. The van der Waals surface area contributed by atoms with E-state index in [2.05, 4.69) is 10.1 Å². The summed E-state index contributed by atoms with van der Waals surface area (Å²) in [5.74, 6) is -2.06. The summed E-state index contributed by atoms with van der Waals surface area (Å²) in [7, 11) is 0. The molecule has 2 aromatic rings. The number of halogens is 4. The molecule has 1 amide bonds. The first-order valence-corrected chi connectivity index (χ1v) is 13.3. The molecule has 0 aliphatic heterocycles. The van der Waals surface area contributed by atoms with Gasteiger partial charge in [-0.15, -0.1) is 0 Å². The smallest absolute Gasteiger partial charge is 0.309 e. The molecule has 1 saturated carbocycles. The number of pyridine rings is 1. The highest BCUT2D eigenvalue weighted by molar-refractivity contribution is 6.39. The molecule has 2 aromatic heterocycles. The van der Waals surface area contributed by atoms with Crippen molar-refractivity contribution < 1.29 is 23.9 Å². The van der Waals surface area contributed by atoms with E-state index in [1.54, 1.807) is 20.8 Å². The second kappa shape index (κ2) is 11.7. The van der Waals surface area contributed by atoms with Gasteiger partial charge in [0.1, 0.15) is 10.8 Å². The van der Waals surface area contributed by atoms with Gasteiger partial charge in [-0.05, 0) is 45.4 Å². The van der Waals surface area contributed by atoms with Crippen LogP contribution in [0.4, 0.5) is 4.39 Å². The molecule has 0 atom stereocenters. The second-order valence-corrected chi connectivity index (χ2v) is 11.0. The average Bonchev–Trinajstić information content (AvgIpc) is 3.24. The number of carbonyl (C=O) groups excluding carboxylic acids is 2. The molecule has 2 heterocycles. The standard InChI is InChI=1S/C25H30Cl3FN4O4/c1-4-25(29,5-2)14-32(13-19(34)20-17(26)11-30-12-18(20)27)22(35)16-10-31-33(21(16)28)15-6-8-24(3,9-7-15)23(36)37/h10-12,15H,4-9,13-14H2,1-3H3,(H,36,37). The Morgan fingerprint density at radius 3 is 2.22 bits per heavy atom. The molecule has 1 aliphatic rings. The zero-order chi connectivity index (χ0) is 27.5. The van der Waals surface area contributed by atoms with Gasteiger partial charge in [0, 0.05) is 12.4 Å². The van der Waals surface area contributed by atoms with Crippen molar-refractivity contribution in [1.29, 1.82) is 0 Å². The number of carboxylic acid groups (broad SMARTS) is 1. The van der Waals surface area contributed by atoms with E-state index < -0.39 is 35.3 Å². The molecule has 0 unspecified atom stereocenters. The molecule has 37 heavy (non-hydrogen) atoms. The number of ketones is 1. The number of carboxylic acids is 1. The van der Waals surface area contributed by atoms with Crippen LogP contribution in [-0.4, -0.2) is 61.2 Å². The van der Waals surface area contributed by atoms with E-state index in [9.17, 15) is 19.5 Å². The van der Waals surface area contributed by atoms with E-state index in [4.69, 9.17) is 34.8 Å². The van der Waals surface area contributed by atoms with Gasteiger partial charge < -0.3 is 10.0 Å². The summed E-state index contributed by atoms with van der Waals surface area (Å²) in [5.41, 5.74) is -2.51. The van der Waals surface area contributed by atoms with Crippen molar-refractivity contribution in [3.05, 3.63) is 44.9 Å². The molecule has 0 bridgehead atoms. The first kappa shape index (κ1) is 29.3.